The van der Waals surface area contributed by atoms with E-state index in [0.717, 1.165) is 13.1 Å². The van der Waals surface area contributed by atoms with E-state index in [9.17, 15) is 9.59 Å². The Morgan fingerprint density at radius 1 is 1.19 bits per heavy atom. The molecule has 1 aromatic carbocycles. The normalized spacial score (nSPS) is 21.5. The Labute approximate surface area is 127 Å². The number of amides is 2. The van der Waals surface area contributed by atoms with Crippen molar-refractivity contribution in [2.75, 3.05) is 31.2 Å². The molecule has 2 fully saturated rings. The minimum atomic E-state index is -0.270. The van der Waals surface area contributed by atoms with Crippen LogP contribution in [0.5, 0.6) is 0 Å². The number of benzene rings is 1. The number of rotatable bonds is 2. The first-order valence-electron chi connectivity index (χ1n) is 6.80. The standard InChI is InChI=1S/C15H15ClN2O3/c16-12-2-1-3-13(9-12)18-14(19)8-11(15(18)20)10-17-4-6-21-7-5-17/h1-3,9-10H,4-8H2/b11-10+. The number of carbonyl (C=O) groups is 2. The van der Waals surface area contributed by atoms with E-state index in [4.69, 9.17) is 16.3 Å². The van der Waals surface area contributed by atoms with Crippen molar-refractivity contribution in [3.05, 3.63) is 41.1 Å². The highest BCUT2D eigenvalue weighted by molar-refractivity contribution is 6.32. The van der Waals surface area contributed by atoms with Gasteiger partial charge in [-0.25, -0.2) is 4.90 Å². The van der Waals surface area contributed by atoms with Crippen LogP contribution in [0.1, 0.15) is 6.42 Å². The number of hydrogen-bond donors (Lipinski definition) is 0. The molecule has 0 bridgehead atoms. The number of anilines is 1. The molecule has 2 aliphatic rings. The maximum atomic E-state index is 12.4. The van der Waals surface area contributed by atoms with Gasteiger partial charge in [-0.05, 0) is 18.2 Å². The van der Waals surface area contributed by atoms with Gasteiger partial charge in [0, 0.05) is 29.9 Å². The van der Waals surface area contributed by atoms with Gasteiger partial charge in [-0.2, -0.15) is 0 Å². The van der Waals surface area contributed by atoms with Crippen LogP contribution in [0.15, 0.2) is 36.0 Å². The Bertz CT molecular complexity index is 609. The molecule has 0 N–H and O–H groups in total. The van der Waals surface area contributed by atoms with Gasteiger partial charge in [0.15, 0.2) is 0 Å². The van der Waals surface area contributed by atoms with Crippen molar-refractivity contribution in [1.82, 2.24) is 4.90 Å². The maximum Gasteiger partial charge on any atom is 0.262 e. The lowest BCUT2D eigenvalue weighted by atomic mass is 10.2. The molecule has 5 nitrogen and oxygen atoms in total. The number of nitrogens with zero attached hydrogens (tertiary/aromatic N) is 2. The average Bonchev–Trinajstić information content (AvgIpc) is 2.74. The minimum absolute atomic E-state index is 0.128. The third-order valence-corrected chi connectivity index (χ3v) is 3.75. The van der Waals surface area contributed by atoms with E-state index in [2.05, 4.69) is 0 Å². The van der Waals surface area contributed by atoms with E-state index >= 15 is 0 Å². The van der Waals surface area contributed by atoms with Crippen LogP contribution >= 0.6 is 11.6 Å². The van der Waals surface area contributed by atoms with Gasteiger partial charge in [-0.3, -0.25) is 9.59 Å². The SMILES string of the molecule is O=C1C/C(=C\N2CCOCC2)C(=O)N1c1cccc(Cl)c1. The first kappa shape index (κ1) is 14.1. The molecular formula is C15H15ClN2O3. The number of halogens is 1. The van der Waals surface area contributed by atoms with Gasteiger partial charge >= 0.3 is 0 Å². The second-order valence-corrected chi connectivity index (χ2v) is 5.43. The Balaban J connectivity index is 1.83. The third-order valence-electron chi connectivity index (χ3n) is 3.52. The second-order valence-electron chi connectivity index (χ2n) is 4.99. The van der Waals surface area contributed by atoms with Gasteiger partial charge in [0.05, 0.1) is 25.3 Å². The minimum Gasteiger partial charge on any atom is -0.378 e. The van der Waals surface area contributed by atoms with E-state index < -0.39 is 0 Å². The monoisotopic (exact) mass is 306 g/mol. The first-order valence-corrected chi connectivity index (χ1v) is 7.18. The van der Waals surface area contributed by atoms with Crippen LogP contribution in [0.2, 0.25) is 5.02 Å². The van der Waals surface area contributed by atoms with Crippen molar-refractivity contribution in [2.45, 2.75) is 6.42 Å². The molecular weight excluding hydrogens is 292 g/mol. The van der Waals surface area contributed by atoms with Crippen molar-refractivity contribution in [2.24, 2.45) is 0 Å². The van der Waals surface area contributed by atoms with Gasteiger partial charge in [0.2, 0.25) is 5.91 Å². The lowest BCUT2D eigenvalue weighted by Gasteiger charge is -2.25. The highest BCUT2D eigenvalue weighted by Crippen LogP contribution is 2.28. The average molecular weight is 307 g/mol. The lowest BCUT2D eigenvalue weighted by Crippen LogP contribution is -2.33. The molecule has 0 aromatic heterocycles. The Kier molecular flexibility index (Phi) is 3.94. The molecule has 2 aliphatic heterocycles. The fraction of sp³-hybridized carbons (Fsp3) is 0.333. The number of morpholine rings is 1. The van der Waals surface area contributed by atoms with Crippen molar-refractivity contribution in [3.63, 3.8) is 0 Å². The van der Waals surface area contributed by atoms with E-state index in [1.165, 1.54) is 4.90 Å². The van der Waals surface area contributed by atoms with Crippen LogP contribution in [0.25, 0.3) is 0 Å². The number of hydrogen-bond acceptors (Lipinski definition) is 4. The lowest BCUT2D eigenvalue weighted by molar-refractivity contribution is -0.120. The molecule has 2 amide bonds. The second kappa shape index (κ2) is 5.87. The van der Waals surface area contributed by atoms with Crippen LogP contribution in [0, 0.1) is 0 Å². The van der Waals surface area contributed by atoms with E-state index in [1.54, 1.807) is 30.5 Å². The predicted molar refractivity (Wildman–Crippen MR) is 79.0 cm³/mol. The molecule has 0 radical (unpaired) electrons. The van der Waals surface area contributed by atoms with Gasteiger partial charge in [-0.15, -0.1) is 0 Å². The topological polar surface area (TPSA) is 49.9 Å². The maximum absolute atomic E-state index is 12.4. The zero-order valence-corrected chi connectivity index (χ0v) is 12.2. The van der Waals surface area contributed by atoms with Crippen LogP contribution < -0.4 is 4.90 Å². The van der Waals surface area contributed by atoms with Gasteiger partial charge in [0.25, 0.3) is 5.91 Å². The number of carbonyl (C=O) groups excluding carboxylic acids is 2. The molecule has 0 spiro atoms. The molecule has 110 valence electrons. The molecule has 3 rings (SSSR count). The number of ether oxygens (including phenoxy) is 1. The van der Waals surface area contributed by atoms with Gasteiger partial charge < -0.3 is 9.64 Å². The molecule has 0 atom stereocenters. The van der Waals surface area contributed by atoms with Crippen molar-refractivity contribution < 1.29 is 14.3 Å². The zero-order chi connectivity index (χ0) is 14.8. The summed E-state index contributed by atoms with van der Waals surface area (Å²) in [6.07, 6.45) is 1.91. The van der Waals surface area contributed by atoms with Crippen LogP contribution in [-0.4, -0.2) is 43.0 Å². The smallest absolute Gasteiger partial charge is 0.262 e. The van der Waals surface area contributed by atoms with E-state index in [-0.39, 0.29) is 18.2 Å². The molecule has 0 unspecified atom stereocenters. The van der Waals surface area contributed by atoms with Crippen LogP contribution in [0.4, 0.5) is 5.69 Å². The van der Waals surface area contributed by atoms with E-state index in [0.29, 0.717) is 29.5 Å². The Morgan fingerprint density at radius 3 is 2.67 bits per heavy atom. The summed E-state index contributed by atoms with van der Waals surface area (Å²) in [5.74, 6) is -0.490. The predicted octanol–water partition coefficient (Wildman–Crippen LogP) is 1.82. The fourth-order valence-corrected chi connectivity index (χ4v) is 2.66. The zero-order valence-electron chi connectivity index (χ0n) is 11.4. The molecule has 0 aliphatic carbocycles. The van der Waals surface area contributed by atoms with Gasteiger partial charge in [-0.1, -0.05) is 17.7 Å². The molecule has 2 heterocycles. The van der Waals surface area contributed by atoms with Crippen LogP contribution in [0.3, 0.4) is 0 Å². The summed E-state index contributed by atoms with van der Waals surface area (Å²) in [4.78, 5) is 27.8. The molecule has 0 saturated carbocycles. The van der Waals surface area contributed by atoms with Crippen molar-refractivity contribution in [3.8, 4) is 0 Å². The molecule has 1 aromatic rings. The van der Waals surface area contributed by atoms with Crippen LogP contribution in [-0.2, 0) is 14.3 Å². The summed E-state index contributed by atoms with van der Waals surface area (Å²) in [7, 11) is 0. The molecule has 2 saturated heterocycles. The summed E-state index contributed by atoms with van der Waals surface area (Å²) >= 11 is 5.92. The first-order chi connectivity index (χ1) is 10.1. The Morgan fingerprint density at radius 2 is 1.95 bits per heavy atom. The van der Waals surface area contributed by atoms with Crippen molar-refractivity contribution >= 4 is 29.1 Å². The highest BCUT2D eigenvalue weighted by atomic mass is 35.5. The summed E-state index contributed by atoms with van der Waals surface area (Å²) in [5.41, 5.74) is 1.03. The van der Waals surface area contributed by atoms with Crippen molar-refractivity contribution in [1.29, 1.82) is 0 Å². The molecule has 6 heteroatoms. The van der Waals surface area contributed by atoms with E-state index in [1.807, 2.05) is 4.90 Å². The summed E-state index contributed by atoms with van der Waals surface area (Å²) in [6.45, 7) is 2.76. The fourth-order valence-electron chi connectivity index (χ4n) is 2.48. The third kappa shape index (κ3) is 2.94. The van der Waals surface area contributed by atoms with Gasteiger partial charge in [0.1, 0.15) is 0 Å². The number of imide groups is 1. The largest absolute Gasteiger partial charge is 0.378 e. The summed E-state index contributed by atoms with van der Waals surface area (Å²) < 4.78 is 5.27. The quantitative estimate of drug-likeness (QED) is 0.618. The highest BCUT2D eigenvalue weighted by Gasteiger charge is 2.35. The summed E-state index contributed by atoms with van der Waals surface area (Å²) in [6, 6.07) is 6.76. The summed E-state index contributed by atoms with van der Waals surface area (Å²) in [5, 5.41) is 0.499. The molecule has 21 heavy (non-hydrogen) atoms. The Hall–Kier alpha value is -1.85.